The molecule has 1 aliphatic heterocycles. The third-order valence-electron chi connectivity index (χ3n) is 11.6. The van der Waals surface area contributed by atoms with E-state index in [4.69, 9.17) is 9.15 Å². The summed E-state index contributed by atoms with van der Waals surface area (Å²) in [6.45, 7) is 0. The van der Waals surface area contributed by atoms with Crippen LogP contribution in [0.4, 0.5) is 17.1 Å². The number of ether oxygens (including phenoxy) is 1. The predicted octanol–water partition coefficient (Wildman–Crippen LogP) is 15.4. The highest BCUT2D eigenvalue weighted by atomic mass is 16.5. The number of hydrogen-bond acceptors (Lipinski definition) is 3. The zero-order valence-electron chi connectivity index (χ0n) is 32.3. The molecule has 1 unspecified atom stereocenters. The molecule has 11 rings (SSSR count). The summed E-state index contributed by atoms with van der Waals surface area (Å²) in [7, 11) is 0. The molecule has 9 aromatic carbocycles. The summed E-state index contributed by atoms with van der Waals surface area (Å²) in [5.74, 6) is 0.933. The molecular weight excluding hydrogens is 719 g/mol. The van der Waals surface area contributed by atoms with Gasteiger partial charge >= 0.3 is 0 Å². The van der Waals surface area contributed by atoms with E-state index in [-0.39, 0.29) is 6.10 Å². The van der Waals surface area contributed by atoms with Crippen molar-refractivity contribution >= 4 is 39.0 Å². The Bertz CT molecular complexity index is 3070. The Morgan fingerprint density at radius 1 is 0.407 bits per heavy atom. The molecule has 59 heavy (non-hydrogen) atoms. The van der Waals surface area contributed by atoms with Crippen molar-refractivity contribution in [3.8, 4) is 50.3 Å². The van der Waals surface area contributed by atoms with Crippen LogP contribution >= 0.6 is 0 Å². The number of benzene rings is 9. The first-order valence-electron chi connectivity index (χ1n) is 20.2. The maximum atomic E-state index is 6.92. The van der Waals surface area contributed by atoms with Crippen molar-refractivity contribution in [2.75, 3.05) is 4.90 Å². The minimum Gasteiger partial charge on any atom is -0.484 e. The second-order valence-corrected chi connectivity index (χ2v) is 15.2. The van der Waals surface area contributed by atoms with Gasteiger partial charge in [0.2, 0.25) is 0 Å². The fourth-order valence-electron chi connectivity index (χ4n) is 8.78. The first-order valence-corrected chi connectivity index (χ1v) is 20.2. The average Bonchev–Trinajstić information content (AvgIpc) is 3.91. The van der Waals surface area contributed by atoms with Gasteiger partial charge in [0.05, 0.1) is 0 Å². The molecule has 0 radical (unpaired) electrons. The Morgan fingerprint density at radius 3 is 1.59 bits per heavy atom. The van der Waals surface area contributed by atoms with Gasteiger partial charge in [-0.3, -0.25) is 0 Å². The topological polar surface area (TPSA) is 25.6 Å². The number of nitrogens with zero attached hydrogens (tertiary/aromatic N) is 1. The lowest BCUT2D eigenvalue weighted by Gasteiger charge is -2.27. The summed E-state index contributed by atoms with van der Waals surface area (Å²) >= 11 is 0. The van der Waals surface area contributed by atoms with Crippen molar-refractivity contribution in [1.29, 1.82) is 0 Å². The van der Waals surface area contributed by atoms with Crippen LogP contribution in [0.25, 0.3) is 66.4 Å². The number of fused-ring (bicyclic) bond motifs is 4. The quantitative estimate of drug-likeness (QED) is 0.154. The fourth-order valence-corrected chi connectivity index (χ4v) is 8.78. The van der Waals surface area contributed by atoms with Crippen molar-refractivity contribution in [2.45, 2.75) is 12.5 Å². The van der Waals surface area contributed by atoms with Crippen molar-refractivity contribution in [2.24, 2.45) is 0 Å². The molecule has 2 heterocycles. The standard InChI is InChI=1S/C56H39NO2/c1-5-15-38(16-6-1)39-25-29-45(30-26-39)57(47-33-34-48(40-17-7-2-8-18-40)50(37-47)41-19-9-3-10-20-41)46-31-27-43(28-32-46)54-55-49-23-13-14-24-51(49)58-53(55)36-44-35-52(59-56(44)54)42-21-11-4-12-22-42/h1-34,36-37,52H,35H2. The molecule has 0 N–H and O–H groups in total. The van der Waals surface area contributed by atoms with E-state index in [2.05, 4.69) is 217 Å². The van der Waals surface area contributed by atoms with Gasteiger partial charge in [0.25, 0.3) is 0 Å². The molecule has 1 atom stereocenters. The van der Waals surface area contributed by atoms with E-state index in [1.807, 2.05) is 6.07 Å². The van der Waals surface area contributed by atoms with Crippen molar-refractivity contribution in [3.63, 3.8) is 0 Å². The summed E-state index contributed by atoms with van der Waals surface area (Å²) in [6, 6.07) is 77.7. The minimum absolute atomic E-state index is 0.0611. The van der Waals surface area contributed by atoms with Gasteiger partial charge in [-0.15, -0.1) is 0 Å². The van der Waals surface area contributed by atoms with Crippen LogP contribution in [0.5, 0.6) is 5.75 Å². The van der Waals surface area contributed by atoms with Gasteiger partial charge in [-0.2, -0.15) is 0 Å². The Morgan fingerprint density at radius 2 is 0.932 bits per heavy atom. The first-order chi connectivity index (χ1) is 29.2. The monoisotopic (exact) mass is 757 g/mol. The van der Waals surface area contributed by atoms with Crippen LogP contribution in [0.2, 0.25) is 0 Å². The SMILES string of the molecule is c1ccc(-c2ccc(N(c3ccc(-c4c5c(cc6oc7ccccc7c46)CC(c4ccccc4)O5)cc3)c3ccc(-c4ccccc4)c(-c4ccccc4)c3)cc2)cc1. The maximum absolute atomic E-state index is 6.92. The van der Waals surface area contributed by atoms with Gasteiger partial charge in [-0.05, 0) is 93.0 Å². The maximum Gasteiger partial charge on any atom is 0.136 e. The molecule has 3 nitrogen and oxygen atoms in total. The molecule has 0 saturated heterocycles. The fraction of sp³-hybridized carbons (Fsp3) is 0.0357. The summed E-state index contributed by atoms with van der Waals surface area (Å²) in [4.78, 5) is 2.36. The highest BCUT2D eigenvalue weighted by molar-refractivity contribution is 6.14. The number of para-hydroxylation sites is 1. The lowest BCUT2D eigenvalue weighted by molar-refractivity contribution is 0.240. The van der Waals surface area contributed by atoms with E-state index in [9.17, 15) is 0 Å². The minimum atomic E-state index is -0.0611. The van der Waals surface area contributed by atoms with E-state index in [1.165, 1.54) is 38.9 Å². The molecule has 3 heteroatoms. The Kier molecular flexibility index (Phi) is 8.63. The first kappa shape index (κ1) is 34.6. The molecule has 280 valence electrons. The largest absolute Gasteiger partial charge is 0.484 e. The summed E-state index contributed by atoms with van der Waals surface area (Å²) in [6.07, 6.45) is 0.724. The molecule has 0 spiro atoms. The molecule has 0 bridgehead atoms. The number of furan rings is 1. The van der Waals surface area contributed by atoms with E-state index in [0.29, 0.717) is 0 Å². The lowest BCUT2D eigenvalue weighted by Crippen LogP contribution is -2.10. The molecule has 0 aliphatic carbocycles. The van der Waals surface area contributed by atoms with Gasteiger partial charge in [0.15, 0.2) is 0 Å². The van der Waals surface area contributed by atoms with Crippen LogP contribution in [0.3, 0.4) is 0 Å². The summed E-state index contributed by atoms with van der Waals surface area (Å²) in [5.41, 5.74) is 16.5. The molecule has 1 aliphatic rings. The van der Waals surface area contributed by atoms with Gasteiger partial charge in [-0.25, -0.2) is 0 Å². The number of anilines is 3. The lowest BCUT2D eigenvalue weighted by atomic mass is 9.93. The van der Waals surface area contributed by atoms with Crippen LogP contribution in [0, 0.1) is 0 Å². The number of hydrogen-bond donors (Lipinski definition) is 0. The molecule has 10 aromatic rings. The average molecular weight is 758 g/mol. The van der Waals surface area contributed by atoms with Gasteiger partial charge < -0.3 is 14.1 Å². The van der Waals surface area contributed by atoms with E-state index in [0.717, 1.165) is 67.9 Å². The zero-order valence-corrected chi connectivity index (χ0v) is 32.3. The Labute approximate surface area is 344 Å². The normalized spacial score (nSPS) is 13.3. The van der Waals surface area contributed by atoms with Crippen LogP contribution in [-0.2, 0) is 6.42 Å². The van der Waals surface area contributed by atoms with Crippen LogP contribution in [0.15, 0.2) is 223 Å². The molecular formula is C56H39NO2. The van der Waals surface area contributed by atoms with Gasteiger partial charge in [0, 0.05) is 45.4 Å². The zero-order chi connectivity index (χ0) is 39.1. The molecule has 0 fully saturated rings. The van der Waals surface area contributed by atoms with E-state index >= 15 is 0 Å². The Hall–Kier alpha value is -7.62. The summed E-state index contributed by atoms with van der Waals surface area (Å²) < 4.78 is 13.4. The van der Waals surface area contributed by atoms with E-state index < -0.39 is 0 Å². The van der Waals surface area contributed by atoms with Crippen molar-refractivity contribution in [3.05, 3.63) is 230 Å². The van der Waals surface area contributed by atoms with Crippen molar-refractivity contribution in [1.82, 2.24) is 0 Å². The van der Waals surface area contributed by atoms with Gasteiger partial charge in [-0.1, -0.05) is 170 Å². The molecule has 1 aromatic heterocycles. The van der Waals surface area contributed by atoms with Crippen molar-refractivity contribution < 1.29 is 9.15 Å². The highest BCUT2D eigenvalue weighted by Crippen LogP contribution is 2.50. The molecule has 0 saturated carbocycles. The van der Waals surface area contributed by atoms with Crippen LogP contribution in [0.1, 0.15) is 17.2 Å². The van der Waals surface area contributed by atoms with Crippen LogP contribution in [-0.4, -0.2) is 0 Å². The molecule has 0 amide bonds. The van der Waals surface area contributed by atoms with Crippen LogP contribution < -0.4 is 9.64 Å². The van der Waals surface area contributed by atoms with E-state index in [1.54, 1.807) is 0 Å². The smallest absolute Gasteiger partial charge is 0.136 e. The third kappa shape index (κ3) is 6.34. The second kappa shape index (κ2) is 14.7. The second-order valence-electron chi connectivity index (χ2n) is 15.2. The summed E-state index contributed by atoms with van der Waals surface area (Å²) in [5, 5.41) is 2.17. The third-order valence-corrected chi connectivity index (χ3v) is 11.6. The predicted molar refractivity (Wildman–Crippen MR) is 244 cm³/mol. The van der Waals surface area contributed by atoms with Gasteiger partial charge in [0.1, 0.15) is 23.0 Å². The number of rotatable bonds is 8. The Balaban J connectivity index is 1.06. The highest BCUT2D eigenvalue weighted by Gasteiger charge is 2.31.